The fraction of sp³-hybridized carbons (Fsp3) is 0.0769. The van der Waals surface area contributed by atoms with Crippen LogP contribution in [0.15, 0.2) is 40.9 Å². The molecule has 0 aliphatic rings. The first-order chi connectivity index (χ1) is 8.56. The van der Waals surface area contributed by atoms with E-state index in [0.717, 1.165) is 5.56 Å². The van der Waals surface area contributed by atoms with Crippen molar-refractivity contribution in [3.05, 3.63) is 63.1 Å². The molecule has 1 N–H and O–H groups in total. The normalized spacial score (nSPS) is 10.4. The first-order valence-electron chi connectivity index (χ1n) is 5.19. The number of nitrogens with one attached hydrogen (secondary N) is 1. The van der Waals surface area contributed by atoms with Gasteiger partial charge in [-0.05, 0) is 51.8 Å². The Labute approximate surface area is 117 Å². The molecule has 2 aromatic rings. The first-order valence-corrected chi connectivity index (χ1v) is 6.36. The van der Waals surface area contributed by atoms with Gasteiger partial charge in [0, 0.05) is 12.2 Å². The van der Waals surface area contributed by atoms with E-state index in [1.807, 2.05) is 0 Å². The van der Waals surface area contributed by atoms with E-state index < -0.39 is 5.82 Å². The molecule has 0 fully saturated rings. The molecule has 5 heteroatoms. The van der Waals surface area contributed by atoms with Gasteiger partial charge in [0.15, 0.2) is 0 Å². The molecular weight excluding hydrogens is 324 g/mol. The summed E-state index contributed by atoms with van der Waals surface area (Å²) in [7, 11) is 0. The maximum atomic E-state index is 13.3. The van der Waals surface area contributed by atoms with Crippen molar-refractivity contribution in [2.24, 2.45) is 0 Å². The van der Waals surface area contributed by atoms with Gasteiger partial charge in [-0.25, -0.2) is 8.78 Å². The fourth-order valence-corrected chi connectivity index (χ4v) is 1.82. The predicted molar refractivity (Wildman–Crippen MR) is 72.8 cm³/mol. The van der Waals surface area contributed by atoms with Gasteiger partial charge >= 0.3 is 0 Å². The van der Waals surface area contributed by atoms with Crippen LogP contribution in [0.3, 0.4) is 0 Å². The van der Waals surface area contributed by atoms with Crippen LogP contribution in [-0.2, 0) is 6.54 Å². The summed E-state index contributed by atoms with van der Waals surface area (Å²) in [5.41, 5.74) is 1.37. The topological polar surface area (TPSA) is 12.0 Å². The second-order valence-corrected chi connectivity index (χ2v) is 4.99. The minimum atomic E-state index is -0.460. The van der Waals surface area contributed by atoms with Crippen molar-refractivity contribution in [3.8, 4) is 0 Å². The SMILES string of the molecule is Fc1cc(CNc2ccc(Br)c(F)c2)ccc1Cl. The highest BCUT2D eigenvalue weighted by atomic mass is 79.9. The Morgan fingerprint density at radius 2 is 1.83 bits per heavy atom. The zero-order chi connectivity index (χ0) is 13.1. The van der Waals surface area contributed by atoms with Crippen LogP contribution >= 0.6 is 27.5 Å². The Morgan fingerprint density at radius 1 is 1.06 bits per heavy atom. The van der Waals surface area contributed by atoms with Gasteiger partial charge in [-0.3, -0.25) is 0 Å². The van der Waals surface area contributed by atoms with Gasteiger partial charge in [-0.2, -0.15) is 0 Å². The van der Waals surface area contributed by atoms with Crippen LogP contribution in [0.25, 0.3) is 0 Å². The average Bonchev–Trinajstić information content (AvgIpc) is 2.35. The largest absolute Gasteiger partial charge is 0.381 e. The number of hydrogen-bond donors (Lipinski definition) is 1. The summed E-state index contributed by atoms with van der Waals surface area (Å²) in [4.78, 5) is 0. The standard InChI is InChI=1S/C13H9BrClF2N/c14-10-3-2-9(6-12(10)16)18-7-8-1-4-11(15)13(17)5-8/h1-6,18H,7H2. The Bertz CT molecular complexity index is 523. The van der Waals surface area contributed by atoms with Gasteiger partial charge in [-0.15, -0.1) is 0 Å². The molecular formula is C13H9BrClF2N. The number of anilines is 1. The maximum Gasteiger partial charge on any atom is 0.142 e. The van der Waals surface area contributed by atoms with Crippen LogP contribution in [0.2, 0.25) is 5.02 Å². The molecule has 1 nitrogen and oxygen atoms in total. The lowest BCUT2D eigenvalue weighted by atomic mass is 10.2. The summed E-state index contributed by atoms with van der Waals surface area (Å²) in [5, 5.41) is 3.10. The van der Waals surface area contributed by atoms with Gasteiger partial charge in [0.25, 0.3) is 0 Å². The van der Waals surface area contributed by atoms with E-state index in [1.165, 1.54) is 18.2 Å². The van der Waals surface area contributed by atoms with E-state index in [0.29, 0.717) is 16.7 Å². The van der Waals surface area contributed by atoms with Crippen LogP contribution in [0, 0.1) is 11.6 Å². The molecule has 2 rings (SSSR count). The smallest absolute Gasteiger partial charge is 0.142 e. The molecule has 0 unspecified atom stereocenters. The highest BCUT2D eigenvalue weighted by Gasteiger charge is 2.03. The molecule has 0 spiro atoms. The molecule has 0 aliphatic carbocycles. The summed E-state index contributed by atoms with van der Waals surface area (Å²) in [6.45, 7) is 0.398. The van der Waals surface area contributed by atoms with Crippen LogP contribution in [0.1, 0.15) is 5.56 Å². The Kier molecular flexibility index (Phi) is 4.19. The van der Waals surface area contributed by atoms with E-state index in [2.05, 4.69) is 21.2 Å². The summed E-state index contributed by atoms with van der Waals surface area (Å²) < 4.78 is 26.9. The molecule has 0 aromatic heterocycles. The van der Waals surface area contributed by atoms with Crippen LogP contribution in [0.4, 0.5) is 14.5 Å². The minimum absolute atomic E-state index is 0.0911. The van der Waals surface area contributed by atoms with E-state index in [4.69, 9.17) is 11.6 Å². The molecule has 0 aliphatic heterocycles. The number of halogens is 4. The molecule has 0 radical (unpaired) electrons. The van der Waals surface area contributed by atoms with Crippen molar-refractivity contribution in [1.82, 2.24) is 0 Å². The van der Waals surface area contributed by atoms with Crippen molar-refractivity contribution in [2.45, 2.75) is 6.54 Å². The monoisotopic (exact) mass is 331 g/mol. The molecule has 2 aromatic carbocycles. The molecule has 0 atom stereocenters. The molecule has 0 bridgehead atoms. The Morgan fingerprint density at radius 3 is 2.50 bits per heavy atom. The highest BCUT2D eigenvalue weighted by molar-refractivity contribution is 9.10. The van der Waals surface area contributed by atoms with Crippen molar-refractivity contribution in [1.29, 1.82) is 0 Å². The van der Waals surface area contributed by atoms with E-state index >= 15 is 0 Å². The molecule has 0 saturated heterocycles. The third kappa shape index (κ3) is 3.21. The Balaban J connectivity index is 2.06. The zero-order valence-electron chi connectivity index (χ0n) is 9.18. The average molecular weight is 333 g/mol. The van der Waals surface area contributed by atoms with Crippen LogP contribution < -0.4 is 5.32 Å². The van der Waals surface area contributed by atoms with Crippen molar-refractivity contribution >= 4 is 33.2 Å². The Hall–Kier alpha value is -1.13. The second-order valence-electron chi connectivity index (χ2n) is 3.73. The first kappa shape index (κ1) is 13.3. The van der Waals surface area contributed by atoms with E-state index in [-0.39, 0.29) is 10.8 Å². The van der Waals surface area contributed by atoms with Crippen molar-refractivity contribution in [3.63, 3.8) is 0 Å². The van der Waals surface area contributed by atoms with E-state index in [1.54, 1.807) is 18.2 Å². The lowest BCUT2D eigenvalue weighted by Crippen LogP contribution is -2.00. The third-order valence-electron chi connectivity index (χ3n) is 2.40. The molecule has 18 heavy (non-hydrogen) atoms. The lowest BCUT2D eigenvalue weighted by molar-refractivity contribution is 0.621. The maximum absolute atomic E-state index is 13.3. The summed E-state index contributed by atoms with van der Waals surface area (Å²) in [5.74, 6) is -0.805. The summed E-state index contributed by atoms with van der Waals surface area (Å²) in [6.07, 6.45) is 0. The molecule has 0 amide bonds. The van der Waals surface area contributed by atoms with Crippen LogP contribution in [0.5, 0.6) is 0 Å². The van der Waals surface area contributed by atoms with E-state index in [9.17, 15) is 8.78 Å². The number of hydrogen-bond acceptors (Lipinski definition) is 1. The zero-order valence-corrected chi connectivity index (χ0v) is 11.5. The van der Waals surface area contributed by atoms with Crippen molar-refractivity contribution < 1.29 is 8.78 Å². The lowest BCUT2D eigenvalue weighted by Gasteiger charge is -2.07. The van der Waals surface area contributed by atoms with Gasteiger partial charge < -0.3 is 5.32 Å². The van der Waals surface area contributed by atoms with Gasteiger partial charge in [0.2, 0.25) is 0 Å². The minimum Gasteiger partial charge on any atom is -0.381 e. The fourth-order valence-electron chi connectivity index (χ4n) is 1.46. The third-order valence-corrected chi connectivity index (χ3v) is 3.35. The second kappa shape index (κ2) is 5.67. The van der Waals surface area contributed by atoms with Gasteiger partial charge in [0.1, 0.15) is 11.6 Å². The summed E-state index contributed by atoms with van der Waals surface area (Å²) >= 11 is 8.66. The molecule has 94 valence electrons. The van der Waals surface area contributed by atoms with Gasteiger partial charge in [0.05, 0.1) is 9.50 Å². The predicted octanol–water partition coefficient (Wildman–Crippen LogP) is 4.99. The van der Waals surface area contributed by atoms with Gasteiger partial charge in [-0.1, -0.05) is 17.7 Å². The van der Waals surface area contributed by atoms with Crippen LogP contribution in [-0.4, -0.2) is 0 Å². The molecule has 0 saturated carbocycles. The van der Waals surface area contributed by atoms with Crippen molar-refractivity contribution in [2.75, 3.05) is 5.32 Å². The highest BCUT2D eigenvalue weighted by Crippen LogP contribution is 2.20. The number of rotatable bonds is 3. The number of benzene rings is 2. The summed E-state index contributed by atoms with van der Waals surface area (Å²) in [6, 6.07) is 9.28. The molecule has 0 heterocycles. The quantitative estimate of drug-likeness (QED) is 0.834.